The van der Waals surface area contributed by atoms with Gasteiger partial charge in [0.25, 0.3) is 0 Å². The van der Waals surface area contributed by atoms with Gasteiger partial charge in [0.2, 0.25) is 0 Å². The summed E-state index contributed by atoms with van der Waals surface area (Å²) < 4.78 is 19.0. The first-order valence-corrected chi connectivity index (χ1v) is 6.88. The van der Waals surface area contributed by atoms with E-state index in [2.05, 4.69) is 5.32 Å². The van der Waals surface area contributed by atoms with Crippen molar-refractivity contribution in [1.82, 2.24) is 5.32 Å². The molecule has 2 N–H and O–H groups in total. The maximum atomic E-state index is 13.3. The molecule has 1 rings (SSSR count). The number of carbonyl (C=O) groups is 1. The Kier molecular flexibility index (Phi) is 6.76. The summed E-state index contributed by atoms with van der Waals surface area (Å²) in [7, 11) is 0. The highest BCUT2D eigenvalue weighted by Crippen LogP contribution is 2.27. The van der Waals surface area contributed by atoms with E-state index >= 15 is 0 Å². The summed E-state index contributed by atoms with van der Waals surface area (Å²) >= 11 is 5.69. The van der Waals surface area contributed by atoms with E-state index in [1.165, 1.54) is 6.07 Å². The van der Waals surface area contributed by atoms with Gasteiger partial charge in [0.05, 0.1) is 16.7 Å². The Morgan fingerprint density at radius 3 is 2.90 bits per heavy atom. The molecule has 0 aromatic heterocycles. The normalized spacial score (nSPS) is 11.5. The summed E-state index contributed by atoms with van der Waals surface area (Å²) in [6, 6.07) is 4.18. The number of halogens is 2. The smallest absolute Gasteiger partial charge is 0.404 e. The van der Waals surface area contributed by atoms with Crippen molar-refractivity contribution < 1.29 is 19.0 Å². The molecule has 0 fully saturated rings. The summed E-state index contributed by atoms with van der Waals surface area (Å²) in [4.78, 5) is 10.3. The molecular weight excluding hydrogens is 299 g/mol. The van der Waals surface area contributed by atoms with Crippen LogP contribution < -0.4 is 10.1 Å². The lowest BCUT2D eigenvalue weighted by Gasteiger charge is -2.18. The number of rotatable bonds is 7. The lowest BCUT2D eigenvalue weighted by Crippen LogP contribution is -2.24. The fourth-order valence-electron chi connectivity index (χ4n) is 1.76. The van der Waals surface area contributed by atoms with Gasteiger partial charge >= 0.3 is 6.09 Å². The van der Waals surface area contributed by atoms with Crippen LogP contribution in [0.1, 0.15) is 31.7 Å². The molecule has 0 aliphatic rings. The van der Waals surface area contributed by atoms with Crippen LogP contribution in [0.5, 0.6) is 5.75 Å². The van der Waals surface area contributed by atoms with Crippen LogP contribution in [0, 0.1) is 17.1 Å². The minimum Gasteiger partial charge on any atom is -0.489 e. The summed E-state index contributed by atoms with van der Waals surface area (Å²) in [5, 5.41) is 19.6. The van der Waals surface area contributed by atoms with Gasteiger partial charge in [-0.2, -0.15) is 5.26 Å². The molecule has 1 unspecified atom stereocenters. The Balaban J connectivity index is 2.67. The van der Waals surface area contributed by atoms with Gasteiger partial charge in [-0.1, -0.05) is 18.5 Å². The average Bonchev–Trinajstić information content (AvgIpc) is 2.45. The second kappa shape index (κ2) is 8.32. The zero-order valence-corrected chi connectivity index (χ0v) is 12.3. The first-order chi connectivity index (χ1) is 9.97. The largest absolute Gasteiger partial charge is 0.489 e. The number of benzene rings is 1. The van der Waals surface area contributed by atoms with E-state index in [9.17, 15) is 9.18 Å². The van der Waals surface area contributed by atoms with E-state index in [0.29, 0.717) is 25.8 Å². The lowest BCUT2D eigenvalue weighted by molar-refractivity contribution is 0.178. The van der Waals surface area contributed by atoms with Crippen LogP contribution in [0.25, 0.3) is 0 Å². The second-order valence-electron chi connectivity index (χ2n) is 4.40. The number of hydrogen-bond acceptors (Lipinski definition) is 3. The molecule has 0 bridgehead atoms. The number of nitrogens with one attached hydrogen (secondary N) is 1. The molecule has 1 atom stereocenters. The van der Waals surface area contributed by atoms with Crippen LogP contribution in [0.15, 0.2) is 12.1 Å². The van der Waals surface area contributed by atoms with Crippen molar-refractivity contribution in [2.45, 2.75) is 32.3 Å². The van der Waals surface area contributed by atoms with Gasteiger partial charge in [-0.05, 0) is 25.3 Å². The predicted octanol–water partition coefficient (Wildman–Crippen LogP) is 3.56. The third-order valence-corrected chi connectivity index (χ3v) is 3.16. The molecule has 114 valence electrons. The predicted molar refractivity (Wildman–Crippen MR) is 76.1 cm³/mol. The van der Waals surface area contributed by atoms with E-state index in [-0.39, 0.29) is 22.4 Å². The molecule has 0 aliphatic carbocycles. The Hall–Kier alpha value is -2.00. The van der Waals surface area contributed by atoms with Crippen molar-refractivity contribution in [3.63, 3.8) is 0 Å². The molecule has 5 nitrogen and oxygen atoms in total. The molecule has 0 radical (unpaired) electrons. The van der Waals surface area contributed by atoms with Gasteiger partial charge in [0.15, 0.2) is 0 Å². The summed E-state index contributed by atoms with van der Waals surface area (Å²) in [5.74, 6) is -0.429. The van der Waals surface area contributed by atoms with Crippen LogP contribution in [-0.4, -0.2) is 23.8 Å². The molecule has 7 heteroatoms. The van der Waals surface area contributed by atoms with E-state index in [4.69, 9.17) is 26.7 Å². The maximum Gasteiger partial charge on any atom is 0.404 e. The fourth-order valence-corrected chi connectivity index (χ4v) is 1.92. The quantitative estimate of drug-likeness (QED) is 0.754. The molecule has 0 spiro atoms. The van der Waals surface area contributed by atoms with Crippen LogP contribution in [-0.2, 0) is 0 Å². The summed E-state index contributed by atoms with van der Waals surface area (Å²) in [5.41, 5.74) is 0.0824. The van der Waals surface area contributed by atoms with Gasteiger partial charge in [-0.15, -0.1) is 0 Å². The second-order valence-corrected chi connectivity index (χ2v) is 4.80. The highest BCUT2D eigenvalue weighted by atomic mass is 35.5. The molecule has 21 heavy (non-hydrogen) atoms. The summed E-state index contributed by atoms with van der Waals surface area (Å²) in [6.07, 6.45) is 0.612. The van der Waals surface area contributed by atoms with Gasteiger partial charge in [0, 0.05) is 12.6 Å². The topological polar surface area (TPSA) is 82.3 Å². The molecule has 0 saturated heterocycles. The molecule has 1 aromatic carbocycles. The highest BCUT2D eigenvalue weighted by molar-refractivity contribution is 6.30. The average molecular weight is 315 g/mol. The Bertz CT molecular complexity index is 546. The SMILES string of the molecule is CCC(CCCNC(=O)O)Oc1cc(Cl)c(F)cc1C#N. The maximum absolute atomic E-state index is 13.3. The number of amides is 1. The number of hydrogen-bond donors (Lipinski definition) is 2. The van der Waals surface area contributed by atoms with Crippen molar-refractivity contribution in [1.29, 1.82) is 5.26 Å². The standard InChI is InChI=1S/C14H16ClFN2O3/c1-2-10(4-3-5-18-14(19)20)21-13-7-11(15)12(16)6-9(13)8-17/h6-7,10,18H,2-5H2,1H3,(H,19,20). The zero-order valence-electron chi connectivity index (χ0n) is 11.5. The molecule has 1 aromatic rings. The van der Waals surface area contributed by atoms with Crippen molar-refractivity contribution in [2.24, 2.45) is 0 Å². The van der Waals surface area contributed by atoms with Gasteiger partial charge in [0.1, 0.15) is 17.6 Å². The number of ether oxygens (including phenoxy) is 1. The number of carboxylic acid groups (broad SMARTS) is 1. The van der Waals surface area contributed by atoms with Gasteiger partial charge in [-0.3, -0.25) is 0 Å². The van der Waals surface area contributed by atoms with Gasteiger partial charge in [-0.25, -0.2) is 9.18 Å². The van der Waals surface area contributed by atoms with Crippen LogP contribution in [0.2, 0.25) is 5.02 Å². The zero-order chi connectivity index (χ0) is 15.8. The van der Waals surface area contributed by atoms with Crippen LogP contribution in [0.3, 0.4) is 0 Å². The molecule has 0 aliphatic heterocycles. The minimum atomic E-state index is -1.07. The molecule has 0 heterocycles. The Labute approximate surface area is 127 Å². The molecular formula is C14H16ClFN2O3. The van der Waals surface area contributed by atoms with E-state index in [0.717, 1.165) is 6.07 Å². The minimum absolute atomic E-state index is 0.0824. The van der Waals surface area contributed by atoms with E-state index < -0.39 is 11.9 Å². The van der Waals surface area contributed by atoms with Crippen molar-refractivity contribution in [3.8, 4) is 11.8 Å². The summed E-state index contributed by atoms with van der Waals surface area (Å²) in [6.45, 7) is 2.23. The van der Waals surface area contributed by atoms with E-state index in [1.54, 1.807) is 0 Å². The molecule has 0 saturated carbocycles. The van der Waals surface area contributed by atoms with Crippen molar-refractivity contribution in [2.75, 3.05) is 6.54 Å². The first kappa shape index (κ1) is 17.1. The Morgan fingerprint density at radius 1 is 1.62 bits per heavy atom. The van der Waals surface area contributed by atoms with Crippen LogP contribution >= 0.6 is 11.6 Å². The van der Waals surface area contributed by atoms with Crippen LogP contribution in [0.4, 0.5) is 9.18 Å². The molecule has 1 amide bonds. The van der Waals surface area contributed by atoms with Crippen molar-refractivity contribution in [3.05, 3.63) is 28.5 Å². The third-order valence-electron chi connectivity index (χ3n) is 2.87. The highest BCUT2D eigenvalue weighted by Gasteiger charge is 2.14. The lowest BCUT2D eigenvalue weighted by atomic mass is 10.1. The van der Waals surface area contributed by atoms with Gasteiger partial charge < -0.3 is 15.2 Å². The third kappa shape index (κ3) is 5.48. The fraction of sp³-hybridized carbons (Fsp3) is 0.429. The monoisotopic (exact) mass is 314 g/mol. The Morgan fingerprint density at radius 2 is 2.33 bits per heavy atom. The number of nitriles is 1. The van der Waals surface area contributed by atoms with Crippen molar-refractivity contribution >= 4 is 17.7 Å². The first-order valence-electron chi connectivity index (χ1n) is 6.50. The van der Waals surface area contributed by atoms with E-state index in [1.807, 2.05) is 13.0 Å². The number of nitrogens with zero attached hydrogens (tertiary/aromatic N) is 1.